The fourth-order valence-electron chi connectivity index (χ4n) is 3.97. The predicted octanol–water partition coefficient (Wildman–Crippen LogP) is 2.65. The first-order valence-corrected chi connectivity index (χ1v) is 9.38. The van der Waals surface area contributed by atoms with Gasteiger partial charge in [-0.3, -0.25) is 14.4 Å². The highest BCUT2D eigenvalue weighted by Crippen LogP contribution is 2.45. The molecule has 1 aromatic rings. The van der Waals surface area contributed by atoms with E-state index in [-0.39, 0.29) is 17.7 Å². The number of hydrogen-bond donors (Lipinski definition) is 3. The number of amides is 2. The number of aryl methyl sites for hydroxylation is 1. The zero-order chi connectivity index (χ0) is 18.1. The molecule has 4 N–H and O–H groups in total. The van der Waals surface area contributed by atoms with Gasteiger partial charge in [0.1, 0.15) is 5.00 Å². The summed E-state index contributed by atoms with van der Waals surface area (Å²) in [5, 5.41) is 12.8. The summed E-state index contributed by atoms with van der Waals surface area (Å²) in [6.07, 6.45) is 7.23. The molecule has 3 aliphatic rings. The van der Waals surface area contributed by atoms with Crippen LogP contribution in [0.3, 0.4) is 0 Å². The van der Waals surface area contributed by atoms with Gasteiger partial charge in [-0.1, -0.05) is 25.5 Å². The van der Waals surface area contributed by atoms with Crippen molar-refractivity contribution in [3.8, 4) is 0 Å². The lowest BCUT2D eigenvalue weighted by molar-refractivity contribution is -0.151. The van der Waals surface area contributed by atoms with Crippen molar-refractivity contribution in [2.75, 3.05) is 5.32 Å². The van der Waals surface area contributed by atoms with Gasteiger partial charge in [-0.05, 0) is 37.2 Å². The minimum atomic E-state index is -0.938. The molecule has 0 aromatic carbocycles. The molecule has 25 heavy (non-hydrogen) atoms. The fraction of sp³-hybridized carbons (Fsp3) is 0.500. The zero-order valence-corrected chi connectivity index (χ0v) is 14.8. The Morgan fingerprint density at radius 3 is 2.40 bits per heavy atom. The third-order valence-corrected chi connectivity index (χ3v) is 6.23. The summed E-state index contributed by atoms with van der Waals surface area (Å²) in [7, 11) is 0. The zero-order valence-electron chi connectivity index (χ0n) is 14.0. The largest absolute Gasteiger partial charge is 0.481 e. The number of nitrogens with one attached hydrogen (secondary N) is 1. The van der Waals surface area contributed by atoms with Crippen LogP contribution in [0.4, 0.5) is 5.00 Å². The molecule has 0 aliphatic heterocycles. The lowest BCUT2D eigenvalue weighted by Crippen LogP contribution is -2.47. The number of carboxylic acids is 1. The number of rotatable bonds is 6. The molecule has 0 spiro atoms. The van der Waals surface area contributed by atoms with Crippen LogP contribution in [0.1, 0.15) is 41.4 Å². The maximum atomic E-state index is 12.9. The molecule has 7 heteroatoms. The van der Waals surface area contributed by atoms with Crippen LogP contribution in [0.5, 0.6) is 0 Å². The SMILES string of the molecule is CCCc1cc(C(N)=O)c(NC(=O)[C@@H]2[C@@H](C(=O)O)[C@H]3C=C[C@@H]2CC3)s1. The van der Waals surface area contributed by atoms with Gasteiger partial charge in [-0.15, -0.1) is 11.3 Å². The number of carbonyl (C=O) groups is 3. The first-order valence-electron chi connectivity index (χ1n) is 8.56. The molecule has 1 aromatic heterocycles. The fourth-order valence-corrected chi connectivity index (χ4v) is 5.14. The molecule has 134 valence electrons. The Morgan fingerprint density at radius 2 is 1.88 bits per heavy atom. The second kappa shape index (κ2) is 7.00. The Bertz CT molecular complexity index is 739. The van der Waals surface area contributed by atoms with Gasteiger partial charge >= 0.3 is 5.97 Å². The van der Waals surface area contributed by atoms with E-state index in [0.717, 1.165) is 30.6 Å². The quantitative estimate of drug-likeness (QED) is 0.676. The maximum Gasteiger partial charge on any atom is 0.307 e. The van der Waals surface area contributed by atoms with Crippen molar-refractivity contribution < 1.29 is 19.5 Å². The summed E-state index contributed by atoms with van der Waals surface area (Å²) in [6, 6.07) is 1.72. The van der Waals surface area contributed by atoms with Crippen molar-refractivity contribution in [2.24, 2.45) is 29.4 Å². The van der Waals surface area contributed by atoms with Crippen LogP contribution in [0.15, 0.2) is 18.2 Å². The second-order valence-electron chi connectivity index (χ2n) is 6.74. The number of allylic oxidation sites excluding steroid dienone is 2. The van der Waals surface area contributed by atoms with Gasteiger partial charge in [-0.25, -0.2) is 0 Å². The number of primary amides is 1. The number of carboxylic acid groups (broad SMARTS) is 1. The normalized spacial score (nSPS) is 27.2. The minimum Gasteiger partial charge on any atom is -0.481 e. The summed E-state index contributed by atoms with van der Waals surface area (Å²) in [4.78, 5) is 37.2. The van der Waals surface area contributed by atoms with Gasteiger partial charge < -0.3 is 16.2 Å². The standard InChI is InChI=1S/C18H22N2O4S/c1-2-3-11-8-12(15(19)21)17(25-11)20-16(22)13-9-4-6-10(7-5-9)14(13)18(23)24/h4,6,8-10,13-14H,2-3,5,7H2,1H3,(H2,19,21)(H,20,22)(H,23,24)/t9-,10+,13+,14+/m1/s1. The van der Waals surface area contributed by atoms with Crippen LogP contribution >= 0.6 is 11.3 Å². The van der Waals surface area contributed by atoms with E-state index in [1.54, 1.807) is 6.07 Å². The van der Waals surface area contributed by atoms with Crippen LogP contribution in [0.25, 0.3) is 0 Å². The summed E-state index contributed by atoms with van der Waals surface area (Å²) in [6.45, 7) is 2.03. The van der Waals surface area contributed by atoms with E-state index in [1.165, 1.54) is 11.3 Å². The minimum absolute atomic E-state index is 0.0711. The number of hydrogen-bond acceptors (Lipinski definition) is 4. The average Bonchev–Trinajstić information content (AvgIpc) is 2.98. The number of thiophene rings is 1. The maximum absolute atomic E-state index is 12.9. The molecule has 2 bridgehead atoms. The molecular weight excluding hydrogens is 340 g/mol. The molecule has 0 radical (unpaired) electrons. The lowest BCUT2D eigenvalue weighted by Gasteiger charge is -2.41. The highest BCUT2D eigenvalue weighted by atomic mass is 32.1. The molecule has 3 aliphatic carbocycles. The molecule has 2 amide bonds. The van der Waals surface area contributed by atoms with E-state index in [4.69, 9.17) is 5.73 Å². The number of anilines is 1. The first-order chi connectivity index (χ1) is 11.9. The van der Waals surface area contributed by atoms with Crippen molar-refractivity contribution in [3.05, 3.63) is 28.7 Å². The summed E-state index contributed by atoms with van der Waals surface area (Å²) in [5.41, 5.74) is 5.72. The smallest absolute Gasteiger partial charge is 0.307 e. The average molecular weight is 362 g/mol. The molecular formula is C18H22N2O4S. The summed E-state index contributed by atoms with van der Waals surface area (Å²) in [5.74, 6) is -3.36. The molecule has 1 fully saturated rings. The van der Waals surface area contributed by atoms with E-state index < -0.39 is 23.7 Å². The van der Waals surface area contributed by atoms with Crippen molar-refractivity contribution in [1.82, 2.24) is 0 Å². The van der Waals surface area contributed by atoms with Crippen LogP contribution in [0.2, 0.25) is 0 Å². The van der Waals surface area contributed by atoms with E-state index >= 15 is 0 Å². The molecule has 1 saturated carbocycles. The Kier molecular flexibility index (Phi) is 4.94. The van der Waals surface area contributed by atoms with Gasteiger partial charge in [0, 0.05) is 4.88 Å². The third-order valence-electron chi connectivity index (χ3n) is 5.12. The number of nitrogens with two attached hydrogens (primary N) is 1. The van der Waals surface area contributed by atoms with E-state index in [0.29, 0.717) is 10.6 Å². The number of aliphatic carboxylic acids is 1. The van der Waals surface area contributed by atoms with E-state index in [2.05, 4.69) is 5.32 Å². The Morgan fingerprint density at radius 1 is 1.24 bits per heavy atom. The molecule has 1 heterocycles. The van der Waals surface area contributed by atoms with E-state index in [9.17, 15) is 19.5 Å². The van der Waals surface area contributed by atoms with Gasteiger partial charge in [0.15, 0.2) is 0 Å². The molecule has 6 nitrogen and oxygen atoms in total. The molecule has 0 unspecified atom stereocenters. The van der Waals surface area contributed by atoms with Crippen LogP contribution in [0, 0.1) is 23.7 Å². The van der Waals surface area contributed by atoms with Gasteiger partial charge in [0.2, 0.25) is 5.91 Å². The molecule has 0 saturated heterocycles. The van der Waals surface area contributed by atoms with Crippen LogP contribution in [-0.2, 0) is 16.0 Å². The van der Waals surface area contributed by atoms with Crippen molar-refractivity contribution in [1.29, 1.82) is 0 Å². The predicted molar refractivity (Wildman–Crippen MR) is 95.4 cm³/mol. The number of fused-ring (bicyclic) bond motifs is 2. The van der Waals surface area contributed by atoms with Crippen molar-refractivity contribution >= 4 is 34.1 Å². The number of carbonyl (C=O) groups excluding carboxylic acids is 2. The highest BCUT2D eigenvalue weighted by Gasteiger charge is 2.48. The van der Waals surface area contributed by atoms with Crippen molar-refractivity contribution in [2.45, 2.75) is 32.6 Å². The lowest BCUT2D eigenvalue weighted by atomic mass is 9.62. The van der Waals surface area contributed by atoms with E-state index in [1.807, 2.05) is 19.1 Å². The van der Waals surface area contributed by atoms with Crippen molar-refractivity contribution in [3.63, 3.8) is 0 Å². The third kappa shape index (κ3) is 3.33. The van der Waals surface area contributed by atoms with Gasteiger partial charge in [0.05, 0.1) is 17.4 Å². The second-order valence-corrected chi connectivity index (χ2v) is 7.88. The summed E-state index contributed by atoms with van der Waals surface area (Å²) >= 11 is 1.34. The van der Waals surface area contributed by atoms with Gasteiger partial charge in [0.25, 0.3) is 5.91 Å². The van der Waals surface area contributed by atoms with Crippen LogP contribution < -0.4 is 11.1 Å². The Hall–Kier alpha value is -2.15. The Balaban J connectivity index is 1.85. The topological polar surface area (TPSA) is 109 Å². The highest BCUT2D eigenvalue weighted by molar-refractivity contribution is 7.16. The Labute approximate surface area is 150 Å². The summed E-state index contributed by atoms with van der Waals surface area (Å²) < 4.78 is 0. The monoisotopic (exact) mass is 362 g/mol. The van der Waals surface area contributed by atoms with Gasteiger partial charge in [-0.2, -0.15) is 0 Å². The van der Waals surface area contributed by atoms with Crippen LogP contribution in [-0.4, -0.2) is 22.9 Å². The molecule has 4 atom stereocenters. The first kappa shape index (κ1) is 17.7. The molecule has 4 rings (SSSR count).